The zero-order valence-electron chi connectivity index (χ0n) is 13.2. The molecule has 0 fully saturated rings. The molecule has 0 saturated heterocycles. The fraction of sp³-hybridized carbons (Fsp3) is 0.0556. The monoisotopic (exact) mass is 319 g/mol. The third-order valence-electron chi connectivity index (χ3n) is 3.35. The molecule has 0 aliphatic rings. The predicted octanol–water partition coefficient (Wildman–Crippen LogP) is 2.80. The Kier molecular flexibility index (Phi) is 4.38. The van der Waals surface area contributed by atoms with E-state index in [9.17, 15) is 4.79 Å². The zero-order valence-corrected chi connectivity index (χ0v) is 13.2. The summed E-state index contributed by atoms with van der Waals surface area (Å²) in [6.07, 6.45) is 0. The van der Waals surface area contributed by atoms with E-state index in [2.05, 4.69) is 20.3 Å². The predicted molar refractivity (Wildman–Crippen MR) is 96.4 cm³/mol. The van der Waals surface area contributed by atoms with Gasteiger partial charge in [-0.2, -0.15) is 4.99 Å². The number of hydrogen-bond donors (Lipinski definition) is 3. The zero-order chi connectivity index (χ0) is 16.9. The standard InChI is InChI=1S/C18H17N5O/c1-12-7-9-14(10-8-12)20-17(19)23-18-21-15(11-16(24)22-18)13-5-3-2-4-6-13/h2-11H,1H3,(H4,19,20,21,22,23,24). The molecule has 1 aromatic heterocycles. The molecule has 4 N–H and O–H groups in total. The molecule has 0 spiro atoms. The van der Waals surface area contributed by atoms with Crippen molar-refractivity contribution in [2.45, 2.75) is 6.92 Å². The van der Waals surface area contributed by atoms with Crippen molar-refractivity contribution in [3.05, 3.63) is 76.6 Å². The number of guanidine groups is 1. The number of nitrogens with one attached hydrogen (secondary N) is 2. The maximum atomic E-state index is 11.8. The quantitative estimate of drug-likeness (QED) is 0.511. The van der Waals surface area contributed by atoms with E-state index >= 15 is 0 Å². The summed E-state index contributed by atoms with van der Waals surface area (Å²) < 4.78 is 0. The molecular formula is C18H17N5O. The Hall–Kier alpha value is -3.41. The van der Waals surface area contributed by atoms with Gasteiger partial charge in [-0.05, 0) is 19.1 Å². The van der Waals surface area contributed by atoms with Gasteiger partial charge in [-0.3, -0.25) is 9.78 Å². The van der Waals surface area contributed by atoms with E-state index in [1.807, 2.05) is 61.5 Å². The number of aliphatic imine (C=N–C) groups is 1. The van der Waals surface area contributed by atoms with Crippen molar-refractivity contribution >= 4 is 17.6 Å². The highest BCUT2D eigenvalue weighted by atomic mass is 16.1. The molecule has 3 rings (SSSR count). The number of nitrogens with two attached hydrogens (primary N) is 1. The van der Waals surface area contributed by atoms with Gasteiger partial charge in [0, 0.05) is 17.3 Å². The van der Waals surface area contributed by atoms with E-state index in [0.717, 1.165) is 16.8 Å². The van der Waals surface area contributed by atoms with Crippen molar-refractivity contribution in [1.29, 1.82) is 0 Å². The maximum Gasteiger partial charge on any atom is 0.252 e. The van der Waals surface area contributed by atoms with E-state index in [1.165, 1.54) is 6.07 Å². The van der Waals surface area contributed by atoms with Gasteiger partial charge in [0.2, 0.25) is 11.9 Å². The molecule has 0 aliphatic carbocycles. The number of H-pyrrole nitrogens is 1. The minimum Gasteiger partial charge on any atom is -0.369 e. The normalized spacial score (nSPS) is 11.3. The van der Waals surface area contributed by atoms with Crippen LogP contribution in [-0.2, 0) is 0 Å². The minimum absolute atomic E-state index is 0.146. The Morgan fingerprint density at radius 2 is 1.83 bits per heavy atom. The van der Waals surface area contributed by atoms with Crippen molar-refractivity contribution in [2.75, 3.05) is 5.32 Å². The SMILES string of the molecule is Cc1ccc(NC(N)=Nc2nc(-c3ccccc3)cc(=O)[nH]2)cc1. The summed E-state index contributed by atoms with van der Waals surface area (Å²) in [6.45, 7) is 2.00. The molecule has 0 atom stereocenters. The Balaban J connectivity index is 1.87. The van der Waals surface area contributed by atoms with Crippen molar-refractivity contribution in [3.8, 4) is 11.3 Å². The first-order valence-electron chi connectivity index (χ1n) is 7.45. The third kappa shape index (κ3) is 3.86. The van der Waals surface area contributed by atoms with E-state index in [-0.39, 0.29) is 17.5 Å². The van der Waals surface area contributed by atoms with E-state index in [1.54, 1.807) is 0 Å². The van der Waals surface area contributed by atoms with Crippen LogP contribution in [0.1, 0.15) is 5.56 Å². The van der Waals surface area contributed by atoms with Gasteiger partial charge in [-0.1, -0.05) is 48.0 Å². The van der Waals surface area contributed by atoms with E-state index in [4.69, 9.17) is 5.73 Å². The van der Waals surface area contributed by atoms with Gasteiger partial charge in [-0.15, -0.1) is 0 Å². The van der Waals surface area contributed by atoms with Crippen LogP contribution in [0.5, 0.6) is 0 Å². The van der Waals surface area contributed by atoms with Crippen LogP contribution >= 0.6 is 0 Å². The number of benzene rings is 2. The van der Waals surface area contributed by atoms with E-state index in [0.29, 0.717) is 5.69 Å². The van der Waals surface area contributed by atoms with Gasteiger partial charge in [0.05, 0.1) is 5.69 Å². The first kappa shape index (κ1) is 15.5. The molecule has 0 radical (unpaired) electrons. The van der Waals surface area contributed by atoms with Crippen LogP contribution in [0.25, 0.3) is 11.3 Å². The summed E-state index contributed by atoms with van der Waals surface area (Å²) in [6, 6.07) is 18.6. The summed E-state index contributed by atoms with van der Waals surface area (Å²) in [7, 11) is 0. The summed E-state index contributed by atoms with van der Waals surface area (Å²) in [5.41, 5.74) is 8.95. The number of aromatic amines is 1. The topological polar surface area (TPSA) is 96.2 Å². The molecule has 1 heterocycles. The number of anilines is 1. The Labute approximate surface area is 139 Å². The van der Waals surface area contributed by atoms with Crippen LogP contribution < -0.4 is 16.6 Å². The largest absolute Gasteiger partial charge is 0.369 e. The smallest absolute Gasteiger partial charge is 0.252 e. The second-order valence-corrected chi connectivity index (χ2v) is 5.31. The number of nitrogens with zero attached hydrogens (tertiary/aromatic N) is 2. The van der Waals surface area contributed by atoms with Crippen molar-refractivity contribution in [2.24, 2.45) is 10.7 Å². The molecule has 0 bridgehead atoms. The average Bonchev–Trinajstić information content (AvgIpc) is 2.57. The number of hydrogen-bond acceptors (Lipinski definition) is 3. The minimum atomic E-state index is -0.286. The number of rotatable bonds is 3. The van der Waals surface area contributed by atoms with Gasteiger partial charge >= 0.3 is 0 Å². The lowest BCUT2D eigenvalue weighted by molar-refractivity contribution is 1.10. The molecule has 0 aliphatic heterocycles. The van der Waals surface area contributed by atoms with Gasteiger partial charge in [0.15, 0.2) is 0 Å². The van der Waals surface area contributed by atoms with E-state index < -0.39 is 0 Å². The van der Waals surface area contributed by atoms with Crippen LogP contribution in [0, 0.1) is 6.92 Å². The lowest BCUT2D eigenvalue weighted by atomic mass is 10.1. The molecule has 0 amide bonds. The van der Waals surface area contributed by atoms with Crippen molar-refractivity contribution in [3.63, 3.8) is 0 Å². The van der Waals surface area contributed by atoms with Crippen LogP contribution in [0.4, 0.5) is 11.6 Å². The van der Waals surface area contributed by atoms with Crippen molar-refractivity contribution < 1.29 is 0 Å². The van der Waals surface area contributed by atoms with Gasteiger partial charge < -0.3 is 11.1 Å². The first-order chi connectivity index (χ1) is 11.6. The van der Waals surface area contributed by atoms with Crippen molar-refractivity contribution in [1.82, 2.24) is 9.97 Å². The second kappa shape index (κ2) is 6.78. The highest BCUT2D eigenvalue weighted by molar-refractivity contribution is 5.93. The summed E-state index contributed by atoms with van der Waals surface area (Å²) in [5, 5.41) is 2.96. The summed E-state index contributed by atoms with van der Waals surface area (Å²) >= 11 is 0. The molecule has 6 heteroatoms. The Bertz CT molecular complexity index is 914. The molecular weight excluding hydrogens is 302 g/mol. The Morgan fingerprint density at radius 1 is 1.12 bits per heavy atom. The lowest BCUT2D eigenvalue weighted by Crippen LogP contribution is -2.22. The van der Waals surface area contributed by atoms with Gasteiger partial charge in [-0.25, -0.2) is 4.98 Å². The van der Waals surface area contributed by atoms with Crippen LogP contribution in [0.3, 0.4) is 0 Å². The van der Waals surface area contributed by atoms with Crippen LogP contribution in [0.15, 0.2) is 70.5 Å². The fourth-order valence-corrected chi connectivity index (χ4v) is 2.18. The first-order valence-corrected chi connectivity index (χ1v) is 7.45. The van der Waals surface area contributed by atoms with Gasteiger partial charge in [0.1, 0.15) is 0 Å². The molecule has 0 unspecified atom stereocenters. The molecule has 120 valence electrons. The third-order valence-corrected chi connectivity index (χ3v) is 3.35. The molecule has 2 aromatic carbocycles. The highest BCUT2D eigenvalue weighted by Crippen LogP contribution is 2.16. The van der Waals surface area contributed by atoms with Crippen LogP contribution in [0.2, 0.25) is 0 Å². The molecule has 24 heavy (non-hydrogen) atoms. The second-order valence-electron chi connectivity index (χ2n) is 5.31. The average molecular weight is 319 g/mol. The summed E-state index contributed by atoms with van der Waals surface area (Å²) in [5.74, 6) is 0.297. The molecule has 6 nitrogen and oxygen atoms in total. The Morgan fingerprint density at radius 3 is 2.54 bits per heavy atom. The molecule has 3 aromatic rings. The fourth-order valence-electron chi connectivity index (χ4n) is 2.18. The highest BCUT2D eigenvalue weighted by Gasteiger charge is 2.04. The van der Waals surface area contributed by atoms with Gasteiger partial charge in [0.25, 0.3) is 5.56 Å². The number of aromatic nitrogens is 2. The maximum absolute atomic E-state index is 11.8. The van der Waals surface area contributed by atoms with Crippen LogP contribution in [-0.4, -0.2) is 15.9 Å². The lowest BCUT2D eigenvalue weighted by Gasteiger charge is -2.06. The number of aryl methyl sites for hydroxylation is 1. The summed E-state index contributed by atoms with van der Waals surface area (Å²) in [4.78, 5) is 22.9. The molecule has 0 saturated carbocycles.